The molecule has 1 aliphatic rings. The van der Waals surface area contributed by atoms with Gasteiger partial charge in [0, 0.05) is 11.6 Å². The van der Waals surface area contributed by atoms with Gasteiger partial charge in [0.1, 0.15) is 6.61 Å². The molecule has 1 amide bonds. The second-order valence-electron chi connectivity index (χ2n) is 7.00. The number of carbonyl (C=O) groups is 2. The monoisotopic (exact) mass is 367 g/mol. The van der Waals surface area contributed by atoms with Crippen molar-refractivity contribution in [3.8, 4) is 0 Å². The quantitative estimate of drug-likeness (QED) is 0.770. The maximum atomic E-state index is 12.3. The van der Waals surface area contributed by atoms with Gasteiger partial charge in [0.05, 0.1) is 12.5 Å². The van der Waals surface area contributed by atoms with Crippen LogP contribution in [0, 0.1) is 0 Å². The summed E-state index contributed by atoms with van der Waals surface area (Å²) in [5.41, 5.74) is 2.33. The lowest BCUT2D eigenvalue weighted by Crippen LogP contribution is -2.38. The largest absolute Gasteiger partial charge is 0.461 e. The minimum Gasteiger partial charge on any atom is -0.461 e. The first-order valence-electron chi connectivity index (χ1n) is 9.37. The summed E-state index contributed by atoms with van der Waals surface area (Å²) >= 11 is 0. The van der Waals surface area contributed by atoms with Crippen LogP contribution in [0.3, 0.4) is 0 Å². The number of aliphatic hydroxyl groups is 1. The Kier molecular flexibility index (Phi) is 6.60. The number of carbonyl (C=O) groups excluding carboxylic acids is 2. The molecule has 2 aromatic rings. The van der Waals surface area contributed by atoms with Crippen molar-refractivity contribution in [1.29, 1.82) is 0 Å². The van der Waals surface area contributed by atoms with Gasteiger partial charge in [-0.3, -0.25) is 9.59 Å². The summed E-state index contributed by atoms with van der Waals surface area (Å²) in [4.78, 5) is 24.3. The van der Waals surface area contributed by atoms with Crippen LogP contribution in [0.5, 0.6) is 0 Å². The van der Waals surface area contributed by atoms with E-state index in [0.29, 0.717) is 5.56 Å². The number of rotatable bonds is 6. The molecule has 27 heavy (non-hydrogen) atoms. The molecule has 0 radical (unpaired) electrons. The molecular weight excluding hydrogens is 342 g/mol. The van der Waals surface area contributed by atoms with E-state index in [0.717, 1.165) is 36.8 Å². The van der Waals surface area contributed by atoms with Gasteiger partial charge in [-0.2, -0.15) is 0 Å². The highest BCUT2D eigenvalue weighted by Crippen LogP contribution is 2.19. The number of amides is 1. The number of benzene rings is 2. The van der Waals surface area contributed by atoms with Crippen LogP contribution in [-0.4, -0.2) is 29.1 Å². The molecule has 0 unspecified atom stereocenters. The van der Waals surface area contributed by atoms with Gasteiger partial charge in [-0.25, -0.2) is 0 Å². The maximum absolute atomic E-state index is 12.3. The van der Waals surface area contributed by atoms with Gasteiger partial charge in [0.15, 0.2) is 0 Å². The Hall–Kier alpha value is -2.66. The van der Waals surface area contributed by atoms with Crippen LogP contribution in [0.1, 0.15) is 47.2 Å². The van der Waals surface area contributed by atoms with Gasteiger partial charge in [0.25, 0.3) is 5.91 Å². The lowest BCUT2D eigenvalue weighted by molar-refractivity contribution is -0.144. The van der Waals surface area contributed by atoms with E-state index in [1.165, 1.54) is 0 Å². The number of aliphatic hydroxyl groups excluding tert-OH is 1. The number of esters is 1. The molecule has 0 spiro atoms. The standard InChI is InChI=1S/C22H25NO4/c24-20-12-10-19(11-13-20)23-22(26)18-8-6-16(7-9-18)14-21(25)27-15-17-4-2-1-3-5-17/h1-9,19-20,24H,10-15H2,(H,23,26)/t19-,20-. The zero-order valence-corrected chi connectivity index (χ0v) is 15.3. The average Bonchev–Trinajstić information content (AvgIpc) is 2.69. The van der Waals surface area contributed by atoms with Crippen LogP contribution >= 0.6 is 0 Å². The predicted octanol–water partition coefficient (Wildman–Crippen LogP) is 3.01. The van der Waals surface area contributed by atoms with E-state index < -0.39 is 0 Å². The third kappa shape index (κ3) is 5.93. The molecule has 0 aliphatic heterocycles. The van der Waals surface area contributed by atoms with Gasteiger partial charge in [-0.1, -0.05) is 42.5 Å². The van der Waals surface area contributed by atoms with Crippen LogP contribution in [0.25, 0.3) is 0 Å². The van der Waals surface area contributed by atoms with Crippen LogP contribution in [0.4, 0.5) is 0 Å². The van der Waals surface area contributed by atoms with Crippen molar-refractivity contribution in [3.05, 3.63) is 71.3 Å². The Balaban J connectivity index is 1.46. The molecule has 5 nitrogen and oxygen atoms in total. The first-order valence-corrected chi connectivity index (χ1v) is 9.37. The van der Waals surface area contributed by atoms with Crippen LogP contribution in [0.15, 0.2) is 54.6 Å². The van der Waals surface area contributed by atoms with Crippen LogP contribution in [-0.2, 0) is 22.6 Å². The minimum absolute atomic E-state index is 0.116. The molecule has 1 fully saturated rings. The van der Waals surface area contributed by atoms with E-state index >= 15 is 0 Å². The van der Waals surface area contributed by atoms with Gasteiger partial charge < -0.3 is 15.2 Å². The third-order valence-electron chi connectivity index (χ3n) is 4.84. The molecule has 0 saturated heterocycles. The van der Waals surface area contributed by atoms with Crippen molar-refractivity contribution in [2.24, 2.45) is 0 Å². The van der Waals surface area contributed by atoms with Crippen LogP contribution < -0.4 is 5.32 Å². The Bertz CT molecular complexity index is 750. The highest BCUT2D eigenvalue weighted by molar-refractivity contribution is 5.94. The molecule has 2 N–H and O–H groups in total. The maximum Gasteiger partial charge on any atom is 0.310 e. The summed E-state index contributed by atoms with van der Waals surface area (Å²) in [6, 6.07) is 16.7. The second kappa shape index (κ2) is 9.33. The predicted molar refractivity (Wildman–Crippen MR) is 102 cm³/mol. The highest BCUT2D eigenvalue weighted by atomic mass is 16.5. The molecular formula is C22H25NO4. The summed E-state index contributed by atoms with van der Waals surface area (Å²) in [5.74, 6) is -0.411. The van der Waals surface area contributed by atoms with Crippen molar-refractivity contribution in [2.45, 2.75) is 50.9 Å². The molecule has 3 rings (SSSR count). The number of nitrogens with one attached hydrogen (secondary N) is 1. The lowest BCUT2D eigenvalue weighted by atomic mass is 9.93. The van der Waals surface area contributed by atoms with Gasteiger partial charge in [-0.05, 0) is 48.9 Å². The molecule has 0 atom stereocenters. The molecule has 0 bridgehead atoms. The fourth-order valence-electron chi connectivity index (χ4n) is 3.22. The van der Waals surface area contributed by atoms with Crippen molar-refractivity contribution in [1.82, 2.24) is 5.32 Å². The zero-order chi connectivity index (χ0) is 19.1. The minimum atomic E-state index is -0.295. The van der Waals surface area contributed by atoms with Crippen molar-refractivity contribution in [3.63, 3.8) is 0 Å². The van der Waals surface area contributed by atoms with Crippen molar-refractivity contribution in [2.75, 3.05) is 0 Å². The normalized spacial score (nSPS) is 19.3. The Labute approximate surface area is 159 Å². The number of ether oxygens (including phenoxy) is 1. The zero-order valence-electron chi connectivity index (χ0n) is 15.3. The van der Waals surface area contributed by atoms with Crippen molar-refractivity contribution < 1.29 is 19.4 Å². The highest BCUT2D eigenvalue weighted by Gasteiger charge is 2.21. The van der Waals surface area contributed by atoms with E-state index in [9.17, 15) is 14.7 Å². The molecule has 2 aromatic carbocycles. The lowest BCUT2D eigenvalue weighted by Gasteiger charge is -2.26. The fourth-order valence-corrected chi connectivity index (χ4v) is 3.22. The number of hydrogen-bond donors (Lipinski definition) is 2. The van der Waals surface area contributed by atoms with E-state index in [-0.39, 0.29) is 37.0 Å². The summed E-state index contributed by atoms with van der Waals surface area (Å²) in [6.07, 6.45) is 3.01. The average molecular weight is 367 g/mol. The molecule has 0 aromatic heterocycles. The summed E-state index contributed by atoms with van der Waals surface area (Å²) in [5, 5.41) is 12.5. The van der Waals surface area contributed by atoms with Gasteiger partial charge in [0.2, 0.25) is 0 Å². The Morgan fingerprint density at radius 3 is 2.26 bits per heavy atom. The van der Waals surface area contributed by atoms with E-state index in [2.05, 4.69) is 5.32 Å². The van der Waals surface area contributed by atoms with Gasteiger partial charge in [-0.15, -0.1) is 0 Å². The fraction of sp³-hybridized carbons (Fsp3) is 0.364. The molecule has 1 aliphatic carbocycles. The molecule has 142 valence electrons. The van der Waals surface area contributed by atoms with E-state index in [1.54, 1.807) is 24.3 Å². The second-order valence-corrected chi connectivity index (χ2v) is 7.00. The Morgan fingerprint density at radius 1 is 0.926 bits per heavy atom. The SMILES string of the molecule is O=C(Cc1ccc(C(=O)N[C@H]2CC[C@H](O)CC2)cc1)OCc1ccccc1. The van der Waals surface area contributed by atoms with E-state index in [1.807, 2.05) is 30.3 Å². The summed E-state index contributed by atoms with van der Waals surface area (Å²) in [7, 11) is 0. The van der Waals surface area contributed by atoms with E-state index in [4.69, 9.17) is 4.74 Å². The molecule has 5 heteroatoms. The van der Waals surface area contributed by atoms with Crippen molar-refractivity contribution >= 4 is 11.9 Å². The summed E-state index contributed by atoms with van der Waals surface area (Å²) in [6.45, 7) is 0.260. The first kappa shape index (κ1) is 19.1. The topological polar surface area (TPSA) is 75.6 Å². The smallest absolute Gasteiger partial charge is 0.310 e. The van der Waals surface area contributed by atoms with Gasteiger partial charge >= 0.3 is 5.97 Å². The van der Waals surface area contributed by atoms with Crippen LogP contribution in [0.2, 0.25) is 0 Å². The Morgan fingerprint density at radius 2 is 1.59 bits per heavy atom. The summed E-state index contributed by atoms with van der Waals surface area (Å²) < 4.78 is 5.28. The molecule has 0 heterocycles. The number of hydrogen-bond acceptors (Lipinski definition) is 4. The third-order valence-corrected chi connectivity index (χ3v) is 4.84. The molecule has 1 saturated carbocycles. The first-order chi connectivity index (χ1) is 13.1.